The van der Waals surface area contributed by atoms with Crippen molar-refractivity contribution in [3.05, 3.63) is 92.0 Å². The maximum atomic E-state index is 13.8. The fourth-order valence-electron chi connectivity index (χ4n) is 5.69. The van der Waals surface area contributed by atoms with E-state index in [1.165, 1.54) is 0 Å². The molecule has 0 N–H and O–H groups in total. The fraction of sp³-hybridized carbons (Fsp3) is 0.259. The molecule has 2 aromatic carbocycles. The van der Waals surface area contributed by atoms with Crippen LogP contribution < -0.4 is 15.9 Å². The molecule has 1 aliphatic heterocycles. The van der Waals surface area contributed by atoms with E-state index in [4.69, 9.17) is 4.74 Å². The highest BCUT2D eigenvalue weighted by Gasteiger charge is 2.48. The molecule has 5 heteroatoms. The second-order valence-corrected chi connectivity index (χ2v) is 9.40. The van der Waals surface area contributed by atoms with Crippen molar-refractivity contribution < 1.29 is 4.74 Å². The van der Waals surface area contributed by atoms with E-state index in [0.717, 1.165) is 27.4 Å². The highest BCUT2D eigenvalue weighted by molar-refractivity contribution is 5.91. The molecule has 32 heavy (non-hydrogen) atoms. The molecular formula is C27H24N2O3. The molecule has 0 saturated heterocycles. The first-order chi connectivity index (χ1) is 15.3. The molecule has 0 fully saturated rings. The number of nitrogens with zero attached hydrogens (tertiary/aromatic N) is 2. The molecule has 2 aliphatic rings. The molecule has 0 saturated carbocycles. The molecule has 5 nitrogen and oxygen atoms in total. The zero-order valence-electron chi connectivity index (χ0n) is 18.5. The monoisotopic (exact) mass is 424 g/mol. The third-order valence-corrected chi connectivity index (χ3v) is 7.29. The highest BCUT2D eigenvalue weighted by Crippen LogP contribution is 2.53. The normalized spacial score (nSPS) is 20.5. The first kappa shape index (κ1) is 19.1. The topological polar surface area (TPSA) is 53.2 Å². The van der Waals surface area contributed by atoms with E-state index in [1.807, 2.05) is 48.5 Å². The van der Waals surface area contributed by atoms with Crippen LogP contribution in [0.1, 0.15) is 36.5 Å². The summed E-state index contributed by atoms with van der Waals surface area (Å²) in [6.45, 7) is 4.14. The summed E-state index contributed by atoms with van der Waals surface area (Å²) in [5.41, 5.74) is 3.27. The van der Waals surface area contributed by atoms with Gasteiger partial charge in [0.15, 0.2) is 0 Å². The number of benzene rings is 2. The number of aromatic nitrogens is 2. The quantitative estimate of drug-likeness (QED) is 0.422. The summed E-state index contributed by atoms with van der Waals surface area (Å²) in [4.78, 5) is 27.1. The van der Waals surface area contributed by atoms with Crippen LogP contribution in [0.3, 0.4) is 0 Å². The van der Waals surface area contributed by atoms with Crippen molar-refractivity contribution in [1.29, 1.82) is 0 Å². The third kappa shape index (κ3) is 2.28. The Labute approximate surface area is 185 Å². The van der Waals surface area contributed by atoms with Crippen LogP contribution >= 0.6 is 0 Å². The van der Waals surface area contributed by atoms with Crippen LogP contribution in [0.15, 0.2) is 64.2 Å². The van der Waals surface area contributed by atoms with Crippen molar-refractivity contribution in [2.75, 3.05) is 0 Å². The number of ether oxygens (including phenoxy) is 1. The van der Waals surface area contributed by atoms with Crippen LogP contribution in [0.2, 0.25) is 0 Å². The third-order valence-electron chi connectivity index (χ3n) is 7.29. The van der Waals surface area contributed by atoms with Gasteiger partial charge in [-0.15, -0.1) is 0 Å². The second-order valence-electron chi connectivity index (χ2n) is 9.40. The molecule has 0 spiro atoms. The van der Waals surface area contributed by atoms with Gasteiger partial charge in [0.1, 0.15) is 11.4 Å². The average molecular weight is 425 g/mol. The van der Waals surface area contributed by atoms with E-state index in [0.29, 0.717) is 16.9 Å². The molecule has 2 unspecified atom stereocenters. The van der Waals surface area contributed by atoms with E-state index in [9.17, 15) is 9.59 Å². The summed E-state index contributed by atoms with van der Waals surface area (Å²) in [5.74, 6) is 0.295. The lowest BCUT2D eigenvalue weighted by Gasteiger charge is -2.46. The largest absolute Gasteiger partial charge is 0.486 e. The molecule has 2 aromatic heterocycles. The Kier molecular flexibility index (Phi) is 3.72. The van der Waals surface area contributed by atoms with Gasteiger partial charge >= 0.3 is 0 Å². The highest BCUT2D eigenvalue weighted by atomic mass is 16.5. The van der Waals surface area contributed by atoms with Gasteiger partial charge in [0.2, 0.25) is 0 Å². The number of fused-ring (bicyclic) bond motifs is 9. The van der Waals surface area contributed by atoms with Gasteiger partial charge in [0, 0.05) is 42.3 Å². The number of rotatable bonds is 0. The zero-order valence-corrected chi connectivity index (χ0v) is 18.5. The van der Waals surface area contributed by atoms with Crippen molar-refractivity contribution in [3.63, 3.8) is 0 Å². The maximum Gasteiger partial charge on any atom is 0.258 e. The van der Waals surface area contributed by atoms with E-state index < -0.39 is 5.60 Å². The Morgan fingerprint density at radius 2 is 1.41 bits per heavy atom. The van der Waals surface area contributed by atoms with Crippen molar-refractivity contribution in [2.45, 2.75) is 25.4 Å². The number of aryl methyl sites for hydroxylation is 2. The van der Waals surface area contributed by atoms with Gasteiger partial charge in [-0.05, 0) is 37.6 Å². The Morgan fingerprint density at radius 1 is 0.812 bits per heavy atom. The smallest absolute Gasteiger partial charge is 0.258 e. The maximum absolute atomic E-state index is 13.8. The van der Waals surface area contributed by atoms with E-state index in [2.05, 4.69) is 26.0 Å². The Hall–Kier alpha value is -3.60. The Bertz CT molecular complexity index is 1600. The summed E-state index contributed by atoms with van der Waals surface area (Å²) in [6.07, 6.45) is 3.98. The predicted octanol–water partition coefficient (Wildman–Crippen LogP) is 4.34. The number of para-hydroxylation sites is 2. The number of pyridine rings is 2. The van der Waals surface area contributed by atoms with Crippen LogP contribution in [0.4, 0.5) is 0 Å². The summed E-state index contributed by atoms with van der Waals surface area (Å²) in [5, 5.41) is 1.92. The molecule has 1 aliphatic carbocycles. The van der Waals surface area contributed by atoms with Crippen LogP contribution in [-0.4, -0.2) is 14.7 Å². The van der Waals surface area contributed by atoms with Crippen molar-refractivity contribution in [2.24, 2.45) is 20.0 Å². The second kappa shape index (κ2) is 6.22. The molecule has 6 rings (SSSR count). The first-order valence-corrected chi connectivity index (χ1v) is 10.9. The average Bonchev–Trinajstić information content (AvgIpc) is 2.80. The summed E-state index contributed by atoms with van der Waals surface area (Å²) < 4.78 is 9.97. The van der Waals surface area contributed by atoms with Gasteiger partial charge in [-0.2, -0.15) is 0 Å². The molecule has 4 aromatic rings. The van der Waals surface area contributed by atoms with Crippen molar-refractivity contribution in [1.82, 2.24) is 9.13 Å². The zero-order chi connectivity index (χ0) is 22.4. The standard InChI is InChI=1S/C27H24N2O3/c1-27(2)18-14-13-17-21(15-9-5-7-11-19(15)28(3)25(17)30)22(18)23-24(32-27)16-10-6-8-12-20(16)29(4)26(23)31/h5-14,18,22H,1-4H3. The van der Waals surface area contributed by atoms with Gasteiger partial charge < -0.3 is 13.9 Å². The lowest BCUT2D eigenvalue weighted by Crippen LogP contribution is -2.48. The minimum Gasteiger partial charge on any atom is -0.486 e. The summed E-state index contributed by atoms with van der Waals surface area (Å²) >= 11 is 0. The lowest BCUT2D eigenvalue weighted by atomic mass is 9.67. The number of hydrogen-bond donors (Lipinski definition) is 0. The molecule has 2 atom stereocenters. The predicted molar refractivity (Wildman–Crippen MR) is 127 cm³/mol. The molecule has 160 valence electrons. The molecular weight excluding hydrogens is 400 g/mol. The molecule has 0 amide bonds. The number of hydrogen-bond acceptors (Lipinski definition) is 3. The van der Waals surface area contributed by atoms with Crippen LogP contribution in [-0.2, 0) is 14.1 Å². The van der Waals surface area contributed by atoms with Gasteiger partial charge in [0.05, 0.1) is 16.6 Å². The van der Waals surface area contributed by atoms with Gasteiger partial charge in [-0.1, -0.05) is 42.5 Å². The summed E-state index contributed by atoms with van der Waals surface area (Å²) in [7, 11) is 3.61. The van der Waals surface area contributed by atoms with Crippen LogP contribution in [0, 0.1) is 5.92 Å². The van der Waals surface area contributed by atoms with Crippen LogP contribution in [0.5, 0.6) is 5.75 Å². The summed E-state index contributed by atoms with van der Waals surface area (Å²) in [6, 6.07) is 15.8. The van der Waals surface area contributed by atoms with Gasteiger partial charge in [-0.3, -0.25) is 9.59 Å². The van der Waals surface area contributed by atoms with Crippen molar-refractivity contribution in [3.8, 4) is 5.75 Å². The van der Waals surface area contributed by atoms with Crippen molar-refractivity contribution >= 4 is 27.9 Å². The lowest BCUT2D eigenvalue weighted by molar-refractivity contribution is 0.0401. The van der Waals surface area contributed by atoms with Crippen LogP contribution in [0.25, 0.3) is 27.9 Å². The molecule has 3 heterocycles. The van der Waals surface area contributed by atoms with E-state index >= 15 is 0 Å². The van der Waals surface area contributed by atoms with E-state index in [-0.39, 0.29) is 23.0 Å². The minimum absolute atomic E-state index is 0.0446. The molecule has 0 radical (unpaired) electrons. The fourth-order valence-corrected chi connectivity index (χ4v) is 5.69. The van der Waals surface area contributed by atoms with Gasteiger partial charge in [-0.25, -0.2) is 0 Å². The minimum atomic E-state index is -0.552. The first-order valence-electron chi connectivity index (χ1n) is 10.9. The van der Waals surface area contributed by atoms with E-state index in [1.54, 1.807) is 23.2 Å². The van der Waals surface area contributed by atoms with Gasteiger partial charge in [0.25, 0.3) is 11.1 Å². The Balaban J connectivity index is 1.83. The molecule has 0 bridgehead atoms. The SMILES string of the molecule is Cn1c(=O)c2c(c3ccccc31)OC(C)(C)C1C=Cc3c(c4ccccc4n(C)c3=O)C21. The Morgan fingerprint density at radius 3 is 2.12 bits per heavy atom.